The third kappa shape index (κ3) is 8.59. The highest BCUT2D eigenvalue weighted by molar-refractivity contribution is 9.10. The molecule has 13 nitrogen and oxygen atoms in total. The van der Waals surface area contributed by atoms with Crippen LogP contribution in [-0.4, -0.2) is 51.6 Å². The van der Waals surface area contributed by atoms with Gasteiger partial charge in [-0.05, 0) is 71.2 Å². The second-order valence-corrected chi connectivity index (χ2v) is 10.7. The molecule has 0 aromatic heterocycles. The molecule has 1 atom stereocenters. The van der Waals surface area contributed by atoms with Crippen LogP contribution in [0.3, 0.4) is 0 Å². The van der Waals surface area contributed by atoms with Gasteiger partial charge in [0.15, 0.2) is 29.6 Å². The number of carbonyl (C=O) groups excluding carboxylic acids is 3. The summed E-state index contributed by atoms with van der Waals surface area (Å²) < 4.78 is 28.4. The fourth-order valence-corrected chi connectivity index (χ4v) is 5.21. The normalized spacial score (nSPS) is 14.0. The van der Waals surface area contributed by atoms with Crippen LogP contribution < -0.4 is 35.0 Å². The first-order chi connectivity index (χ1) is 22.7. The minimum absolute atomic E-state index is 0.166. The Morgan fingerprint density at radius 3 is 2.57 bits per heavy atom. The molecule has 1 heterocycles. The Hall–Kier alpha value is -5.55. The van der Waals surface area contributed by atoms with Crippen molar-refractivity contribution in [3.8, 4) is 29.1 Å². The summed E-state index contributed by atoms with van der Waals surface area (Å²) in [5.41, 5.74) is 5.44. The van der Waals surface area contributed by atoms with E-state index in [0.717, 1.165) is 5.56 Å². The number of carbonyl (C=O) groups is 3. The quantitative estimate of drug-likeness (QED) is 0.130. The van der Waals surface area contributed by atoms with Crippen molar-refractivity contribution in [1.82, 2.24) is 16.1 Å². The van der Waals surface area contributed by atoms with Crippen molar-refractivity contribution in [3.05, 3.63) is 92.6 Å². The first-order valence-corrected chi connectivity index (χ1v) is 15.0. The van der Waals surface area contributed by atoms with Crippen molar-refractivity contribution in [2.24, 2.45) is 5.10 Å². The molecule has 14 heteroatoms. The Kier molecular flexibility index (Phi) is 11.8. The maximum absolute atomic E-state index is 12.5. The second-order valence-electron chi connectivity index (χ2n) is 9.87. The second kappa shape index (κ2) is 16.1. The van der Waals surface area contributed by atoms with Gasteiger partial charge >= 0.3 is 12.0 Å². The Morgan fingerprint density at radius 2 is 1.85 bits per heavy atom. The van der Waals surface area contributed by atoms with E-state index < -0.39 is 23.9 Å². The summed E-state index contributed by atoms with van der Waals surface area (Å²) in [5, 5.41) is 18.7. The number of amides is 3. The van der Waals surface area contributed by atoms with Gasteiger partial charge in [0.25, 0.3) is 5.91 Å². The molecule has 0 aliphatic carbocycles. The average Bonchev–Trinajstić information content (AvgIpc) is 3.06. The Labute approximate surface area is 279 Å². The number of nitriles is 1. The van der Waals surface area contributed by atoms with Gasteiger partial charge in [-0.1, -0.05) is 24.3 Å². The number of hydrazone groups is 1. The first-order valence-electron chi connectivity index (χ1n) is 14.2. The molecule has 0 saturated heterocycles. The number of urea groups is 1. The van der Waals surface area contributed by atoms with Gasteiger partial charge in [0, 0.05) is 11.3 Å². The summed E-state index contributed by atoms with van der Waals surface area (Å²) >= 11 is 3.51. The number of allylic oxidation sites excluding steroid dienone is 1. The van der Waals surface area contributed by atoms with E-state index in [1.807, 2.05) is 19.1 Å². The lowest BCUT2D eigenvalue weighted by Gasteiger charge is -2.28. The van der Waals surface area contributed by atoms with E-state index in [0.29, 0.717) is 45.0 Å². The number of benzene rings is 3. The minimum Gasteiger partial charge on any atom is -0.493 e. The summed E-state index contributed by atoms with van der Waals surface area (Å²) in [6.07, 6.45) is 1.44. The van der Waals surface area contributed by atoms with Crippen molar-refractivity contribution in [3.63, 3.8) is 0 Å². The van der Waals surface area contributed by atoms with Gasteiger partial charge in [-0.2, -0.15) is 10.4 Å². The van der Waals surface area contributed by atoms with Crippen molar-refractivity contribution in [1.29, 1.82) is 5.26 Å². The van der Waals surface area contributed by atoms with Crippen molar-refractivity contribution in [2.45, 2.75) is 26.5 Å². The zero-order chi connectivity index (χ0) is 33.9. The largest absolute Gasteiger partial charge is 0.493 e. The molecular formula is C33H32BrN5O8. The van der Waals surface area contributed by atoms with Crippen LogP contribution in [0.5, 0.6) is 23.0 Å². The van der Waals surface area contributed by atoms with Gasteiger partial charge in [0.1, 0.15) is 6.61 Å². The van der Waals surface area contributed by atoms with E-state index >= 15 is 0 Å². The molecule has 0 fully saturated rings. The molecular weight excluding hydrogens is 674 g/mol. The lowest BCUT2D eigenvalue weighted by molar-refractivity contribution is -0.136. The van der Waals surface area contributed by atoms with Gasteiger partial charge in [-0.3, -0.25) is 4.79 Å². The fraction of sp³-hybridized carbons (Fsp3) is 0.242. The third-order valence-electron chi connectivity index (χ3n) is 6.80. The minimum atomic E-state index is -0.791. The fourth-order valence-electron chi connectivity index (χ4n) is 4.63. The van der Waals surface area contributed by atoms with Crippen LogP contribution in [0.4, 0.5) is 4.79 Å². The number of hydrogen-bond donors (Lipinski definition) is 3. The number of ether oxygens (including phenoxy) is 5. The molecule has 0 unspecified atom stereocenters. The predicted molar refractivity (Wildman–Crippen MR) is 174 cm³/mol. The van der Waals surface area contributed by atoms with Crippen molar-refractivity contribution >= 4 is 40.1 Å². The van der Waals surface area contributed by atoms with Crippen LogP contribution in [-0.2, 0) is 20.9 Å². The van der Waals surface area contributed by atoms with Gasteiger partial charge in [-0.15, -0.1) is 0 Å². The summed E-state index contributed by atoms with van der Waals surface area (Å²) in [6.45, 7) is 3.61. The summed E-state index contributed by atoms with van der Waals surface area (Å²) in [6, 6.07) is 16.3. The molecule has 0 spiro atoms. The number of hydrogen-bond acceptors (Lipinski definition) is 10. The lowest BCUT2D eigenvalue weighted by Crippen LogP contribution is -2.45. The number of rotatable bonds is 13. The van der Waals surface area contributed by atoms with E-state index in [1.54, 1.807) is 49.4 Å². The number of nitrogens with zero attached hydrogens (tertiary/aromatic N) is 2. The van der Waals surface area contributed by atoms with E-state index in [2.05, 4.69) is 43.2 Å². The molecule has 3 N–H and O–H groups in total. The smallest absolute Gasteiger partial charge is 0.337 e. The Morgan fingerprint density at radius 1 is 1.06 bits per heavy atom. The molecule has 3 aromatic rings. The summed E-state index contributed by atoms with van der Waals surface area (Å²) in [4.78, 5) is 37.1. The molecule has 0 radical (unpaired) electrons. The van der Waals surface area contributed by atoms with Gasteiger partial charge < -0.3 is 34.3 Å². The Bertz CT molecular complexity index is 1770. The molecule has 3 aromatic carbocycles. The standard InChI is InChI=1S/C33H32BrN5O8/c1-5-45-27-13-20(12-24(34)31(27)47-17-23-9-7-6-8-22(23)15-35)16-36-39-28(40)18-46-25-11-10-21(14-26(25)43-3)30-29(32(41)44-4)19(2)37-33(42)38-30/h6-14,16,30H,5,17-18H2,1-4H3,(H,39,40)(H2,37,38,42)/b36-16-/t30-/m1/s1. The molecule has 47 heavy (non-hydrogen) atoms. The topological polar surface area (TPSA) is 170 Å². The van der Waals surface area contributed by atoms with Crippen molar-refractivity contribution < 1.29 is 38.1 Å². The molecule has 4 rings (SSSR count). The molecule has 1 aliphatic rings. The SMILES string of the molecule is CCOc1cc(/C=N\NC(=O)COc2ccc([C@H]3NC(=O)NC(C)=C3C(=O)OC)cc2OC)cc(Br)c1OCc1ccccc1C#N. The molecule has 3 amide bonds. The zero-order valence-electron chi connectivity index (χ0n) is 26.0. The summed E-state index contributed by atoms with van der Waals surface area (Å²) in [7, 11) is 2.68. The van der Waals surface area contributed by atoms with E-state index in [-0.39, 0.29) is 30.3 Å². The van der Waals surface area contributed by atoms with E-state index in [1.165, 1.54) is 20.4 Å². The van der Waals surface area contributed by atoms with Crippen LogP contribution in [0, 0.1) is 11.3 Å². The van der Waals surface area contributed by atoms with Gasteiger partial charge in [0.2, 0.25) is 0 Å². The number of halogens is 1. The summed E-state index contributed by atoms with van der Waals surface area (Å²) in [5.74, 6) is 0.320. The van der Waals surface area contributed by atoms with Crippen LogP contribution in [0.2, 0.25) is 0 Å². The number of esters is 1. The highest BCUT2D eigenvalue weighted by Crippen LogP contribution is 2.38. The molecule has 1 aliphatic heterocycles. The van der Waals surface area contributed by atoms with Crippen LogP contribution in [0.25, 0.3) is 0 Å². The van der Waals surface area contributed by atoms with Crippen LogP contribution in [0.15, 0.2) is 75.4 Å². The maximum Gasteiger partial charge on any atom is 0.337 e. The molecule has 0 saturated carbocycles. The lowest BCUT2D eigenvalue weighted by atomic mass is 9.95. The first kappa shape index (κ1) is 34.3. The van der Waals surface area contributed by atoms with Crippen LogP contribution >= 0.6 is 15.9 Å². The highest BCUT2D eigenvalue weighted by atomic mass is 79.9. The van der Waals surface area contributed by atoms with Gasteiger partial charge in [0.05, 0.1) is 54.8 Å². The Balaban J connectivity index is 1.39. The molecule has 0 bridgehead atoms. The zero-order valence-corrected chi connectivity index (χ0v) is 27.6. The monoisotopic (exact) mass is 705 g/mol. The average molecular weight is 707 g/mol. The third-order valence-corrected chi connectivity index (χ3v) is 7.39. The van der Waals surface area contributed by atoms with E-state index in [4.69, 9.17) is 23.7 Å². The van der Waals surface area contributed by atoms with Crippen molar-refractivity contribution in [2.75, 3.05) is 27.4 Å². The predicted octanol–water partition coefficient (Wildman–Crippen LogP) is 4.64. The number of methoxy groups -OCH3 is 2. The highest BCUT2D eigenvalue weighted by Gasteiger charge is 2.32. The number of nitrogens with one attached hydrogen (secondary N) is 3. The van der Waals surface area contributed by atoms with E-state index in [9.17, 15) is 19.6 Å². The van der Waals surface area contributed by atoms with Gasteiger partial charge in [-0.25, -0.2) is 15.0 Å². The van der Waals surface area contributed by atoms with Crippen LogP contribution in [0.1, 0.15) is 42.1 Å². The molecule has 244 valence electrons. The maximum atomic E-state index is 12.5.